The van der Waals surface area contributed by atoms with E-state index < -0.39 is 0 Å². The number of nitrogens with zero attached hydrogens (tertiary/aromatic N) is 5. The largest absolute Gasteiger partial charge is 0.497 e. The molecule has 1 aliphatic carbocycles. The maximum atomic E-state index is 5.49. The van der Waals surface area contributed by atoms with Crippen molar-refractivity contribution in [1.82, 2.24) is 25.1 Å². The first kappa shape index (κ1) is 17.7. The molecular formula is C21H21N5O3. The Kier molecular flexibility index (Phi) is 4.38. The predicted octanol–water partition coefficient (Wildman–Crippen LogP) is 4.28. The summed E-state index contributed by atoms with van der Waals surface area (Å²) in [5, 5.41) is 12.9. The van der Waals surface area contributed by atoms with Crippen molar-refractivity contribution in [3.8, 4) is 34.3 Å². The van der Waals surface area contributed by atoms with Crippen molar-refractivity contribution in [3.63, 3.8) is 0 Å². The van der Waals surface area contributed by atoms with Crippen LogP contribution in [-0.2, 0) is 0 Å². The first-order valence-corrected chi connectivity index (χ1v) is 9.67. The van der Waals surface area contributed by atoms with Crippen molar-refractivity contribution < 1.29 is 14.0 Å². The number of fused-ring (bicyclic) bond motifs is 1. The van der Waals surface area contributed by atoms with E-state index in [1.165, 1.54) is 25.7 Å². The molecule has 4 aromatic rings. The molecule has 0 N–H and O–H groups in total. The minimum absolute atomic E-state index is 0.395. The lowest BCUT2D eigenvalue weighted by Crippen LogP contribution is -2.06. The first-order chi connectivity index (χ1) is 14.2. The molecule has 0 amide bonds. The molecule has 0 unspecified atom stereocenters. The average molecular weight is 391 g/mol. The smallest absolute Gasteiger partial charge is 0.258 e. The Morgan fingerprint density at radius 1 is 0.966 bits per heavy atom. The highest BCUT2D eigenvalue weighted by Gasteiger charge is 2.21. The fraction of sp³-hybridized carbons (Fsp3) is 0.333. The minimum atomic E-state index is 0.395. The lowest BCUT2D eigenvalue weighted by Gasteiger charge is -2.09. The number of methoxy groups -OCH3 is 2. The van der Waals surface area contributed by atoms with Gasteiger partial charge in [-0.05, 0) is 43.2 Å². The molecule has 8 heteroatoms. The summed E-state index contributed by atoms with van der Waals surface area (Å²) in [5.41, 5.74) is 3.44. The Balaban J connectivity index is 1.48. The second kappa shape index (κ2) is 7.20. The van der Waals surface area contributed by atoms with E-state index in [9.17, 15) is 0 Å². The topological polar surface area (TPSA) is 88.1 Å². The molecule has 0 atom stereocenters. The van der Waals surface area contributed by atoms with Crippen LogP contribution in [-0.4, -0.2) is 39.4 Å². The normalized spacial score (nSPS) is 14.6. The summed E-state index contributed by atoms with van der Waals surface area (Å²) < 4.78 is 18.2. The quantitative estimate of drug-likeness (QED) is 0.502. The summed E-state index contributed by atoms with van der Waals surface area (Å²) in [6.07, 6.45) is 4.84. The van der Waals surface area contributed by atoms with Gasteiger partial charge in [0, 0.05) is 17.2 Å². The molecule has 0 radical (unpaired) electrons. The highest BCUT2D eigenvalue weighted by molar-refractivity contribution is 5.80. The Hall–Kier alpha value is -3.42. The third-order valence-corrected chi connectivity index (χ3v) is 5.42. The van der Waals surface area contributed by atoms with Gasteiger partial charge in [0.2, 0.25) is 5.82 Å². The third-order valence-electron chi connectivity index (χ3n) is 5.42. The highest BCUT2D eigenvalue weighted by Crippen LogP contribution is 2.33. The maximum absolute atomic E-state index is 5.49. The third kappa shape index (κ3) is 3.20. The zero-order chi connectivity index (χ0) is 19.8. The SMILES string of the molecule is COc1cc(OC)cc(-c2nc(-c3ccc4c(c3)nnn4C3CCCC3)no2)c1. The summed E-state index contributed by atoms with van der Waals surface area (Å²) in [6.45, 7) is 0. The summed E-state index contributed by atoms with van der Waals surface area (Å²) in [6, 6.07) is 11.9. The molecule has 8 nitrogen and oxygen atoms in total. The van der Waals surface area contributed by atoms with Crippen LogP contribution in [0.3, 0.4) is 0 Å². The van der Waals surface area contributed by atoms with E-state index in [2.05, 4.69) is 25.1 Å². The predicted molar refractivity (Wildman–Crippen MR) is 107 cm³/mol. The van der Waals surface area contributed by atoms with Gasteiger partial charge in [-0.3, -0.25) is 0 Å². The Labute approximate surface area is 167 Å². The van der Waals surface area contributed by atoms with Gasteiger partial charge in [-0.2, -0.15) is 4.98 Å². The molecule has 0 spiro atoms. The van der Waals surface area contributed by atoms with Crippen LogP contribution in [0.2, 0.25) is 0 Å². The first-order valence-electron chi connectivity index (χ1n) is 9.67. The molecule has 2 heterocycles. The van der Waals surface area contributed by atoms with Gasteiger partial charge >= 0.3 is 0 Å². The lowest BCUT2D eigenvalue weighted by atomic mass is 10.1. The van der Waals surface area contributed by atoms with Crippen LogP contribution in [0.25, 0.3) is 33.9 Å². The van der Waals surface area contributed by atoms with Crippen LogP contribution in [0.5, 0.6) is 11.5 Å². The molecule has 5 rings (SSSR count). The molecule has 0 bridgehead atoms. The summed E-state index contributed by atoms with van der Waals surface area (Å²) in [4.78, 5) is 4.55. The summed E-state index contributed by atoms with van der Waals surface area (Å²) >= 11 is 0. The monoisotopic (exact) mass is 391 g/mol. The van der Waals surface area contributed by atoms with E-state index in [0.717, 1.165) is 22.2 Å². The van der Waals surface area contributed by atoms with Crippen molar-refractivity contribution in [1.29, 1.82) is 0 Å². The van der Waals surface area contributed by atoms with E-state index in [-0.39, 0.29) is 0 Å². The van der Waals surface area contributed by atoms with Gasteiger partial charge in [-0.1, -0.05) is 23.2 Å². The maximum Gasteiger partial charge on any atom is 0.258 e. The van der Waals surface area contributed by atoms with E-state index >= 15 is 0 Å². The van der Waals surface area contributed by atoms with Crippen molar-refractivity contribution >= 4 is 11.0 Å². The molecule has 29 heavy (non-hydrogen) atoms. The number of hydrogen-bond donors (Lipinski definition) is 0. The van der Waals surface area contributed by atoms with Crippen LogP contribution in [0, 0.1) is 0 Å². The molecule has 2 aromatic carbocycles. The fourth-order valence-electron chi connectivity index (χ4n) is 3.89. The van der Waals surface area contributed by atoms with Crippen LogP contribution in [0.4, 0.5) is 0 Å². The molecule has 0 aliphatic heterocycles. The van der Waals surface area contributed by atoms with E-state index in [4.69, 9.17) is 14.0 Å². The summed E-state index contributed by atoms with van der Waals surface area (Å²) in [7, 11) is 3.21. The zero-order valence-corrected chi connectivity index (χ0v) is 16.3. The number of rotatable bonds is 5. The van der Waals surface area contributed by atoms with Crippen LogP contribution in [0.15, 0.2) is 40.9 Å². The van der Waals surface area contributed by atoms with Gasteiger partial charge in [0.1, 0.15) is 17.0 Å². The number of benzene rings is 2. The second-order valence-electron chi connectivity index (χ2n) is 7.20. The van der Waals surface area contributed by atoms with Crippen molar-refractivity contribution in [3.05, 3.63) is 36.4 Å². The van der Waals surface area contributed by atoms with Gasteiger partial charge in [-0.25, -0.2) is 4.68 Å². The number of ether oxygens (including phenoxy) is 2. The highest BCUT2D eigenvalue weighted by atomic mass is 16.5. The van der Waals surface area contributed by atoms with Gasteiger partial charge in [0.05, 0.1) is 25.8 Å². The average Bonchev–Trinajstić information content (AvgIpc) is 3.52. The van der Waals surface area contributed by atoms with Crippen LogP contribution in [0.1, 0.15) is 31.7 Å². The summed E-state index contributed by atoms with van der Waals surface area (Å²) in [5.74, 6) is 2.21. The fourth-order valence-corrected chi connectivity index (χ4v) is 3.89. The minimum Gasteiger partial charge on any atom is -0.497 e. The van der Waals surface area contributed by atoms with Gasteiger partial charge < -0.3 is 14.0 Å². The molecule has 1 aliphatic rings. The Morgan fingerprint density at radius 3 is 2.45 bits per heavy atom. The molecule has 1 fully saturated rings. The van der Waals surface area contributed by atoms with Crippen molar-refractivity contribution in [2.24, 2.45) is 0 Å². The molecule has 0 saturated heterocycles. The Morgan fingerprint density at radius 2 is 1.72 bits per heavy atom. The van der Waals surface area contributed by atoms with Gasteiger partial charge in [0.25, 0.3) is 5.89 Å². The van der Waals surface area contributed by atoms with Crippen LogP contribution < -0.4 is 9.47 Å². The Bertz CT molecular complexity index is 1140. The van der Waals surface area contributed by atoms with E-state index in [0.29, 0.717) is 29.3 Å². The van der Waals surface area contributed by atoms with E-state index in [1.807, 2.05) is 30.3 Å². The standard InChI is InChI=1S/C21H21N5O3/c1-27-16-9-14(10-17(12-16)28-2)21-22-20(24-29-21)13-7-8-19-18(11-13)23-25-26(19)15-5-3-4-6-15/h7-12,15H,3-6H2,1-2H3. The lowest BCUT2D eigenvalue weighted by molar-refractivity contribution is 0.393. The number of hydrogen-bond acceptors (Lipinski definition) is 7. The van der Waals surface area contributed by atoms with Crippen molar-refractivity contribution in [2.75, 3.05) is 14.2 Å². The number of aromatic nitrogens is 5. The van der Waals surface area contributed by atoms with Crippen molar-refractivity contribution in [2.45, 2.75) is 31.7 Å². The molecule has 1 saturated carbocycles. The van der Waals surface area contributed by atoms with Crippen LogP contribution >= 0.6 is 0 Å². The van der Waals surface area contributed by atoms with Gasteiger partial charge in [0.15, 0.2) is 0 Å². The molecule has 2 aromatic heterocycles. The van der Waals surface area contributed by atoms with Gasteiger partial charge in [-0.15, -0.1) is 5.10 Å². The zero-order valence-electron chi connectivity index (χ0n) is 16.3. The second-order valence-corrected chi connectivity index (χ2v) is 7.20. The molecular weight excluding hydrogens is 370 g/mol. The molecule has 148 valence electrons. The van der Waals surface area contributed by atoms with E-state index in [1.54, 1.807) is 20.3 Å².